The van der Waals surface area contributed by atoms with Crippen molar-refractivity contribution in [3.8, 4) is 0 Å². The number of fused-ring (bicyclic) bond motifs is 1. The van der Waals surface area contributed by atoms with Crippen LogP contribution in [0.1, 0.15) is 36.2 Å². The Morgan fingerprint density at radius 1 is 0.967 bits per heavy atom. The molecular weight excluding hydrogens is 404 g/mol. The maximum absolute atomic E-state index is 13.0. The summed E-state index contributed by atoms with van der Waals surface area (Å²) in [6, 6.07) is 12.9. The molecule has 1 saturated heterocycles. The van der Waals surface area contributed by atoms with Crippen molar-refractivity contribution in [2.75, 3.05) is 18.4 Å². The van der Waals surface area contributed by atoms with E-state index in [-0.39, 0.29) is 16.1 Å². The predicted octanol–water partition coefficient (Wildman–Crippen LogP) is 2.74. The summed E-state index contributed by atoms with van der Waals surface area (Å²) >= 11 is 0. The molecule has 3 aromatic rings. The highest BCUT2D eigenvalue weighted by atomic mass is 32.2. The van der Waals surface area contributed by atoms with Gasteiger partial charge >= 0.3 is 0 Å². The Labute approximate surface area is 174 Å². The number of sulfonamides is 1. The second kappa shape index (κ2) is 8.37. The van der Waals surface area contributed by atoms with Gasteiger partial charge in [0.25, 0.3) is 11.5 Å². The highest BCUT2D eigenvalue weighted by molar-refractivity contribution is 7.89. The number of benzene rings is 2. The van der Waals surface area contributed by atoms with Gasteiger partial charge in [0.2, 0.25) is 10.0 Å². The third-order valence-corrected chi connectivity index (χ3v) is 7.10. The summed E-state index contributed by atoms with van der Waals surface area (Å²) in [7, 11) is -3.63. The van der Waals surface area contributed by atoms with Crippen LogP contribution in [0, 0.1) is 0 Å². The molecule has 2 heterocycles. The SMILES string of the molecule is O=C(Nc1cccc(S(=O)(=O)N2CCCCCC2)c1)c1n[nH]c(=O)c2ccccc12. The van der Waals surface area contributed by atoms with E-state index in [0.29, 0.717) is 29.5 Å². The normalized spacial score (nSPS) is 15.6. The van der Waals surface area contributed by atoms with Crippen LogP contribution in [0.2, 0.25) is 0 Å². The van der Waals surface area contributed by atoms with Gasteiger partial charge in [-0.1, -0.05) is 37.1 Å². The highest BCUT2D eigenvalue weighted by Gasteiger charge is 2.25. The van der Waals surface area contributed by atoms with Gasteiger partial charge < -0.3 is 5.32 Å². The molecule has 8 nitrogen and oxygen atoms in total. The summed E-state index contributed by atoms with van der Waals surface area (Å²) in [5.74, 6) is -0.535. The second-order valence-corrected chi connectivity index (χ2v) is 9.19. The molecule has 2 aromatic carbocycles. The third-order valence-electron chi connectivity index (χ3n) is 5.21. The lowest BCUT2D eigenvalue weighted by Crippen LogP contribution is -2.32. The molecule has 1 aliphatic rings. The maximum Gasteiger partial charge on any atom is 0.276 e. The minimum atomic E-state index is -3.63. The van der Waals surface area contributed by atoms with E-state index in [0.717, 1.165) is 25.7 Å². The smallest absolute Gasteiger partial charge is 0.276 e. The molecule has 1 aliphatic heterocycles. The van der Waals surface area contributed by atoms with E-state index in [4.69, 9.17) is 0 Å². The van der Waals surface area contributed by atoms with Crippen LogP contribution in [0.5, 0.6) is 0 Å². The van der Waals surface area contributed by atoms with Crippen LogP contribution in [0.15, 0.2) is 58.2 Å². The standard InChI is InChI=1S/C21H22N4O4S/c26-20-18-11-4-3-10-17(18)19(23-24-20)21(27)22-15-8-7-9-16(14-15)30(28,29)25-12-5-1-2-6-13-25/h3-4,7-11,14H,1-2,5-6,12-13H2,(H,22,27)(H,24,26). The van der Waals surface area contributed by atoms with E-state index in [1.807, 2.05) is 0 Å². The number of rotatable bonds is 4. The number of anilines is 1. The zero-order valence-electron chi connectivity index (χ0n) is 16.3. The van der Waals surface area contributed by atoms with Crippen LogP contribution in [-0.4, -0.2) is 41.9 Å². The first-order valence-electron chi connectivity index (χ1n) is 9.86. The molecule has 4 rings (SSSR count). The Morgan fingerprint density at radius 2 is 1.67 bits per heavy atom. The average Bonchev–Trinajstić information content (AvgIpc) is 3.04. The number of nitrogens with zero attached hydrogens (tertiary/aromatic N) is 2. The first kappa shape index (κ1) is 20.2. The molecule has 30 heavy (non-hydrogen) atoms. The molecule has 2 N–H and O–H groups in total. The van der Waals surface area contributed by atoms with E-state index < -0.39 is 15.9 Å². The zero-order chi connectivity index (χ0) is 21.1. The lowest BCUT2D eigenvalue weighted by atomic mass is 10.1. The molecule has 0 unspecified atom stereocenters. The summed E-state index contributed by atoms with van der Waals surface area (Å²) < 4.78 is 27.6. The maximum atomic E-state index is 13.0. The van der Waals surface area contributed by atoms with Crippen molar-refractivity contribution in [2.45, 2.75) is 30.6 Å². The van der Waals surface area contributed by atoms with Gasteiger partial charge in [0.15, 0.2) is 5.69 Å². The molecule has 0 atom stereocenters. The molecule has 1 fully saturated rings. The molecule has 0 radical (unpaired) electrons. The monoisotopic (exact) mass is 426 g/mol. The Balaban J connectivity index is 1.62. The van der Waals surface area contributed by atoms with Crippen LogP contribution < -0.4 is 10.9 Å². The lowest BCUT2D eigenvalue weighted by molar-refractivity contribution is 0.102. The average molecular weight is 426 g/mol. The van der Waals surface area contributed by atoms with Crippen molar-refractivity contribution < 1.29 is 13.2 Å². The highest BCUT2D eigenvalue weighted by Crippen LogP contribution is 2.23. The Morgan fingerprint density at radius 3 is 2.40 bits per heavy atom. The van der Waals surface area contributed by atoms with Gasteiger partial charge in [-0.3, -0.25) is 9.59 Å². The van der Waals surface area contributed by atoms with Gasteiger partial charge in [-0.25, -0.2) is 13.5 Å². The van der Waals surface area contributed by atoms with Crippen LogP contribution >= 0.6 is 0 Å². The molecule has 9 heteroatoms. The van der Waals surface area contributed by atoms with Crippen LogP contribution in [0.3, 0.4) is 0 Å². The molecule has 1 aromatic heterocycles. The van der Waals surface area contributed by atoms with Crippen molar-refractivity contribution in [1.82, 2.24) is 14.5 Å². The van der Waals surface area contributed by atoms with E-state index >= 15 is 0 Å². The summed E-state index contributed by atoms with van der Waals surface area (Å²) in [5.41, 5.74) is 0.0200. The predicted molar refractivity (Wildman–Crippen MR) is 114 cm³/mol. The number of amides is 1. The lowest BCUT2D eigenvalue weighted by Gasteiger charge is -2.20. The van der Waals surface area contributed by atoms with Gasteiger partial charge in [0, 0.05) is 24.2 Å². The minimum Gasteiger partial charge on any atom is -0.321 e. The van der Waals surface area contributed by atoms with Crippen molar-refractivity contribution in [2.24, 2.45) is 0 Å². The number of aromatic amines is 1. The van der Waals surface area contributed by atoms with Crippen molar-refractivity contribution in [3.63, 3.8) is 0 Å². The summed E-state index contributed by atoms with van der Waals surface area (Å²) in [6.45, 7) is 1.01. The fourth-order valence-electron chi connectivity index (χ4n) is 3.64. The first-order valence-corrected chi connectivity index (χ1v) is 11.3. The molecule has 1 amide bonds. The quantitative estimate of drug-likeness (QED) is 0.666. The summed E-state index contributed by atoms with van der Waals surface area (Å²) in [5, 5.41) is 9.68. The topological polar surface area (TPSA) is 112 Å². The van der Waals surface area contributed by atoms with Gasteiger partial charge in [0.05, 0.1) is 10.3 Å². The minimum absolute atomic E-state index is 0.0611. The van der Waals surface area contributed by atoms with Crippen molar-refractivity contribution in [3.05, 3.63) is 64.6 Å². The number of carbonyl (C=O) groups is 1. The van der Waals surface area contributed by atoms with Crippen LogP contribution in [-0.2, 0) is 10.0 Å². The number of hydrogen-bond donors (Lipinski definition) is 2. The van der Waals surface area contributed by atoms with Gasteiger partial charge in [-0.05, 0) is 37.1 Å². The summed E-state index contributed by atoms with van der Waals surface area (Å²) in [6.07, 6.45) is 3.76. The van der Waals surface area contributed by atoms with E-state index in [1.165, 1.54) is 16.4 Å². The Kier molecular flexibility index (Phi) is 5.65. The first-order chi connectivity index (χ1) is 14.5. The molecule has 0 saturated carbocycles. The fraction of sp³-hybridized carbons (Fsp3) is 0.286. The number of H-pyrrole nitrogens is 1. The number of carbonyl (C=O) groups excluding carboxylic acids is 1. The van der Waals surface area contributed by atoms with Crippen molar-refractivity contribution in [1.29, 1.82) is 0 Å². The number of hydrogen-bond acceptors (Lipinski definition) is 5. The number of aromatic nitrogens is 2. The van der Waals surface area contributed by atoms with Crippen LogP contribution in [0.4, 0.5) is 5.69 Å². The third kappa shape index (κ3) is 3.99. The fourth-order valence-corrected chi connectivity index (χ4v) is 5.21. The molecule has 0 aliphatic carbocycles. The Bertz CT molecular complexity index is 1250. The van der Waals surface area contributed by atoms with E-state index in [2.05, 4.69) is 15.5 Å². The van der Waals surface area contributed by atoms with Gasteiger partial charge in [0.1, 0.15) is 0 Å². The number of nitrogens with one attached hydrogen (secondary N) is 2. The molecule has 0 spiro atoms. The Hall–Kier alpha value is -3.04. The van der Waals surface area contributed by atoms with Crippen LogP contribution in [0.25, 0.3) is 10.8 Å². The van der Waals surface area contributed by atoms with Gasteiger partial charge in [-0.15, -0.1) is 0 Å². The van der Waals surface area contributed by atoms with E-state index in [1.54, 1.807) is 36.4 Å². The van der Waals surface area contributed by atoms with Crippen molar-refractivity contribution >= 4 is 32.4 Å². The molecular formula is C21H22N4O4S. The van der Waals surface area contributed by atoms with Gasteiger partial charge in [-0.2, -0.15) is 9.40 Å². The zero-order valence-corrected chi connectivity index (χ0v) is 17.1. The largest absolute Gasteiger partial charge is 0.321 e. The molecule has 156 valence electrons. The van der Waals surface area contributed by atoms with E-state index in [9.17, 15) is 18.0 Å². The molecule has 0 bridgehead atoms. The summed E-state index contributed by atoms with van der Waals surface area (Å²) in [4.78, 5) is 24.9. The second-order valence-electron chi connectivity index (χ2n) is 7.25.